The summed E-state index contributed by atoms with van der Waals surface area (Å²) in [5, 5.41) is 4.03. The Morgan fingerprint density at radius 3 is 2.31 bits per heavy atom. The van der Waals surface area contributed by atoms with Gasteiger partial charge in [-0.15, -0.1) is 0 Å². The molecule has 2 aromatic carbocycles. The molecule has 1 aliphatic heterocycles. The summed E-state index contributed by atoms with van der Waals surface area (Å²) in [4.78, 5) is 12.3. The number of aliphatic imine (C=N–C) groups is 3. The van der Waals surface area contributed by atoms with Gasteiger partial charge in [0.15, 0.2) is 0 Å². The number of guanidine groups is 2. The van der Waals surface area contributed by atoms with E-state index in [1.807, 2.05) is 31.2 Å². The summed E-state index contributed by atoms with van der Waals surface area (Å²) in [6.45, 7) is 2.41. The van der Waals surface area contributed by atoms with Crippen molar-refractivity contribution in [1.29, 1.82) is 0 Å². The van der Waals surface area contributed by atoms with Gasteiger partial charge in [0.25, 0.3) is 0 Å². The van der Waals surface area contributed by atoms with Crippen molar-refractivity contribution in [2.75, 3.05) is 19.0 Å². The second kappa shape index (κ2) is 7.86. The molecule has 0 atom stereocenters. The van der Waals surface area contributed by atoms with E-state index in [1.165, 1.54) is 0 Å². The summed E-state index contributed by atoms with van der Waals surface area (Å²) in [7, 11) is 1.64. The second-order valence-electron chi connectivity index (χ2n) is 5.67. The van der Waals surface area contributed by atoms with E-state index in [0.717, 1.165) is 22.5 Å². The highest BCUT2D eigenvalue weighted by atomic mass is 35.5. The summed E-state index contributed by atoms with van der Waals surface area (Å²) in [5.41, 5.74) is 9.48. The third kappa shape index (κ3) is 4.22. The molecule has 26 heavy (non-hydrogen) atoms. The van der Waals surface area contributed by atoms with E-state index in [2.05, 4.69) is 20.3 Å². The number of hydrogen-bond donors (Lipinski definition) is 2. The molecule has 0 radical (unpaired) electrons. The van der Waals surface area contributed by atoms with Crippen LogP contribution in [0.3, 0.4) is 0 Å². The van der Waals surface area contributed by atoms with E-state index >= 15 is 0 Å². The molecular weight excluding hydrogens is 373 g/mol. The minimum absolute atomic E-state index is 0.241. The molecule has 0 unspecified atom stereocenters. The van der Waals surface area contributed by atoms with Crippen LogP contribution in [0.1, 0.15) is 6.92 Å². The van der Waals surface area contributed by atoms with Crippen LogP contribution in [0.2, 0.25) is 10.0 Å². The topological polar surface area (TPSA) is 84.4 Å². The maximum atomic E-state index is 6.44. The molecule has 134 valence electrons. The van der Waals surface area contributed by atoms with Gasteiger partial charge in [-0.05, 0) is 36.8 Å². The molecule has 0 fully saturated rings. The first kappa shape index (κ1) is 18.4. The van der Waals surface area contributed by atoms with Crippen LogP contribution in [0.4, 0.5) is 11.4 Å². The predicted molar refractivity (Wildman–Crippen MR) is 109 cm³/mol. The lowest BCUT2D eigenvalue weighted by molar-refractivity contribution is 0.245. The fraction of sp³-hybridized carbons (Fsp3) is 0.167. The molecule has 1 aliphatic rings. The number of nitrogens with two attached hydrogens (primary N) is 1. The van der Waals surface area contributed by atoms with Crippen molar-refractivity contribution in [3.8, 4) is 11.1 Å². The molecule has 3 rings (SSSR count). The van der Waals surface area contributed by atoms with Gasteiger partial charge in [0.05, 0.1) is 22.3 Å². The van der Waals surface area contributed by atoms with Crippen LogP contribution in [0, 0.1) is 0 Å². The predicted octanol–water partition coefficient (Wildman–Crippen LogP) is 4.50. The van der Waals surface area contributed by atoms with Crippen LogP contribution < -0.4 is 11.1 Å². The van der Waals surface area contributed by atoms with Gasteiger partial charge in [0, 0.05) is 24.1 Å². The van der Waals surface area contributed by atoms with Crippen molar-refractivity contribution >= 4 is 52.2 Å². The SMILES string of the molecule is COCC(C)=Nc1ccc(-c2c(Cl)cc(NC3=NC(N)=N3)cc2Cl)cc1. The maximum Gasteiger partial charge on any atom is 0.233 e. The third-order valence-corrected chi connectivity index (χ3v) is 4.16. The molecule has 0 bridgehead atoms. The van der Waals surface area contributed by atoms with Crippen molar-refractivity contribution in [2.45, 2.75) is 6.92 Å². The van der Waals surface area contributed by atoms with Crippen LogP contribution in [-0.4, -0.2) is 31.3 Å². The van der Waals surface area contributed by atoms with Gasteiger partial charge in [-0.25, -0.2) is 0 Å². The lowest BCUT2D eigenvalue weighted by Crippen LogP contribution is -2.26. The Bertz CT molecular complexity index is 897. The summed E-state index contributed by atoms with van der Waals surface area (Å²) in [6, 6.07) is 11.2. The van der Waals surface area contributed by atoms with Crippen LogP contribution >= 0.6 is 23.2 Å². The van der Waals surface area contributed by atoms with Gasteiger partial charge in [-0.2, -0.15) is 9.98 Å². The van der Waals surface area contributed by atoms with Crippen LogP contribution in [-0.2, 0) is 4.74 Å². The fourth-order valence-corrected chi connectivity index (χ4v) is 3.20. The molecule has 0 spiro atoms. The molecule has 8 heteroatoms. The Balaban J connectivity index is 1.82. The Hall–Kier alpha value is -2.41. The van der Waals surface area contributed by atoms with Crippen molar-refractivity contribution in [1.82, 2.24) is 0 Å². The summed E-state index contributed by atoms with van der Waals surface area (Å²) < 4.78 is 5.06. The van der Waals surface area contributed by atoms with E-state index in [-0.39, 0.29) is 5.96 Å². The Morgan fingerprint density at radius 1 is 1.15 bits per heavy atom. The van der Waals surface area contributed by atoms with Crippen molar-refractivity contribution in [3.05, 3.63) is 46.4 Å². The fourth-order valence-electron chi connectivity index (χ4n) is 2.49. The molecular formula is C18H17Cl2N5O. The van der Waals surface area contributed by atoms with Gasteiger partial charge in [-0.1, -0.05) is 35.3 Å². The third-order valence-electron chi connectivity index (χ3n) is 3.57. The smallest absolute Gasteiger partial charge is 0.233 e. The Labute approximate surface area is 161 Å². The summed E-state index contributed by atoms with van der Waals surface area (Å²) >= 11 is 12.9. The Kier molecular flexibility index (Phi) is 5.56. The second-order valence-corrected chi connectivity index (χ2v) is 6.49. The highest BCUT2D eigenvalue weighted by Gasteiger charge is 2.14. The molecule has 0 saturated carbocycles. The van der Waals surface area contributed by atoms with Crippen molar-refractivity contribution in [3.63, 3.8) is 0 Å². The zero-order chi connectivity index (χ0) is 18.7. The number of rotatable bonds is 5. The first-order chi connectivity index (χ1) is 12.5. The largest absolute Gasteiger partial charge is 0.379 e. The first-order valence-electron chi connectivity index (χ1n) is 7.78. The number of nitrogens with zero attached hydrogens (tertiary/aromatic N) is 3. The molecule has 0 aliphatic carbocycles. The minimum Gasteiger partial charge on any atom is -0.379 e. The van der Waals surface area contributed by atoms with Gasteiger partial charge < -0.3 is 15.8 Å². The van der Waals surface area contributed by atoms with E-state index < -0.39 is 0 Å². The molecule has 6 nitrogen and oxygen atoms in total. The summed E-state index contributed by atoms with van der Waals surface area (Å²) in [6.07, 6.45) is 0. The van der Waals surface area contributed by atoms with Gasteiger partial charge in [0.2, 0.25) is 11.9 Å². The maximum absolute atomic E-state index is 6.44. The van der Waals surface area contributed by atoms with E-state index in [4.69, 9.17) is 33.7 Å². The van der Waals surface area contributed by atoms with Gasteiger partial charge in [-0.3, -0.25) is 4.99 Å². The van der Waals surface area contributed by atoms with Crippen LogP contribution in [0.15, 0.2) is 51.4 Å². The zero-order valence-electron chi connectivity index (χ0n) is 14.3. The van der Waals surface area contributed by atoms with Gasteiger partial charge in [0.1, 0.15) is 0 Å². The molecule has 0 aromatic heterocycles. The molecule has 0 amide bonds. The molecule has 0 saturated heterocycles. The average Bonchev–Trinajstić information content (AvgIpc) is 2.54. The van der Waals surface area contributed by atoms with E-state index in [1.54, 1.807) is 19.2 Å². The van der Waals surface area contributed by atoms with Gasteiger partial charge >= 0.3 is 0 Å². The first-order valence-corrected chi connectivity index (χ1v) is 8.54. The molecule has 1 heterocycles. The summed E-state index contributed by atoms with van der Waals surface area (Å²) in [5.74, 6) is 0.667. The average molecular weight is 390 g/mol. The minimum atomic E-state index is 0.241. The number of anilines is 1. The van der Waals surface area contributed by atoms with E-state index in [0.29, 0.717) is 28.3 Å². The van der Waals surface area contributed by atoms with Crippen LogP contribution in [0.5, 0.6) is 0 Å². The number of nitrogens with one attached hydrogen (secondary N) is 1. The van der Waals surface area contributed by atoms with Crippen molar-refractivity contribution < 1.29 is 4.74 Å². The highest BCUT2D eigenvalue weighted by molar-refractivity contribution is 6.39. The standard InChI is InChI=1S/C18H17Cl2N5O/c1-10(9-26-2)22-12-5-3-11(4-6-12)16-14(19)7-13(8-15(16)20)23-18-24-17(21)25-18/h3-8H,9H2,1-2H3,(H3,21,23,24,25). The number of hydrogen-bond acceptors (Lipinski definition) is 6. The number of benzene rings is 2. The molecule has 2 aromatic rings. The monoisotopic (exact) mass is 389 g/mol. The highest BCUT2D eigenvalue weighted by Crippen LogP contribution is 2.38. The lowest BCUT2D eigenvalue weighted by Gasteiger charge is -2.14. The van der Waals surface area contributed by atoms with Crippen LogP contribution in [0.25, 0.3) is 11.1 Å². The van der Waals surface area contributed by atoms with E-state index in [9.17, 15) is 0 Å². The molecule has 3 N–H and O–H groups in total. The normalized spacial score (nSPS) is 13.8. The number of halogens is 2. The number of ether oxygens (including phenoxy) is 1. The Morgan fingerprint density at radius 2 is 1.77 bits per heavy atom. The number of methoxy groups -OCH3 is 1. The zero-order valence-corrected chi connectivity index (χ0v) is 15.8. The lowest BCUT2D eigenvalue weighted by atomic mass is 10.0. The van der Waals surface area contributed by atoms with Crippen molar-refractivity contribution in [2.24, 2.45) is 20.7 Å². The quantitative estimate of drug-likeness (QED) is 0.738.